The van der Waals surface area contributed by atoms with Gasteiger partial charge in [-0.05, 0) is 37.0 Å². The zero-order chi connectivity index (χ0) is 13.5. The van der Waals surface area contributed by atoms with Crippen LogP contribution in [0.2, 0.25) is 0 Å². The van der Waals surface area contributed by atoms with E-state index in [1.807, 2.05) is 17.6 Å². The van der Waals surface area contributed by atoms with E-state index in [1.54, 1.807) is 6.20 Å². The van der Waals surface area contributed by atoms with Gasteiger partial charge in [0, 0.05) is 18.4 Å². The number of hydrogen-bond donors (Lipinski definition) is 1. The van der Waals surface area contributed by atoms with E-state index in [4.69, 9.17) is 0 Å². The van der Waals surface area contributed by atoms with Gasteiger partial charge >= 0.3 is 0 Å². The molecule has 20 heavy (non-hydrogen) atoms. The fourth-order valence-corrected chi connectivity index (χ4v) is 3.01. The molecule has 0 saturated carbocycles. The largest absolute Gasteiger partial charge is 0.365 e. The lowest BCUT2D eigenvalue weighted by Crippen LogP contribution is -2.20. The average molecular weight is 264 g/mol. The third-order valence-electron chi connectivity index (χ3n) is 3.90. The van der Waals surface area contributed by atoms with Crippen molar-refractivity contribution in [3.63, 3.8) is 0 Å². The van der Waals surface area contributed by atoms with Crippen molar-refractivity contribution >= 4 is 11.3 Å². The Hall–Kier alpha value is -2.36. The number of rotatable bonds is 2. The lowest BCUT2D eigenvalue weighted by molar-refractivity contribution is 0.767. The van der Waals surface area contributed by atoms with Crippen LogP contribution in [0, 0.1) is 6.92 Å². The average Bonchev–Trinajstić information content (AvgIpc) is 3.01. The van der Waals surface area contributed by atoms with Crippen LogP contribution in [-0.4, -0.2) is 20.6 Å². The predicted octanol–water partition coefficient (Wildman–Crippen LogP) is 2.62. The number of anilines is 1. The molecule has 0 atom stereocenters. The second-order valence-corrected chi connectivity index (χ2v) is 5.41. The number of benzene rings is 1. The molecule has 1 N–H and O–H groups in total. The van der Waals surface area contributed by atoms with Gasteiger partial charge in [-0.15, -0.1) is 0 Å². The molecular formula is C16H16N4. The SMILES string of the molecule is Cc1cc2c(NC3Cc4ccccc4C3)nccn2n1. The first kappa shape index (κ1) is 11.5. The lowest BCUT2D eigenvalue weighted by atomic mass is 10.1. The van der Waals surface area contributed by atoms with Crippen molar-refractivity contribution in [3.05, 3.63) is 59.5 Å². The molecule has 2 aromatic heterocycles. The third-order valence-corrected chi connectivity index (χ3v) is 3.90. The van der Waals surface area contributed by atoms with Crippen LogP contribution in [0.1, 0.15) is 16.8 Å². The van der Waals surface area contributed by atoms with Gasteiger partial charge in [0.25, 0.3) is 0 Å². The molecule has 0 fully saturated rings. The summed E-state index contributed by atoms with van der Waals surface area (Å²) in [5.74, 6) is 0.922. The molecular weight excluding hydrogens is 248 g/mol. The first-order valence-corrected chi connectivity index (χ1v) is 6.94. The first-order valence-electron chi connectivity index (χ1n) is 6.94. The molecule has 0 radical (unpaired) electrons. The highest BCUT2D eigenvalue weighted by Gasteiger charge is 2.21. The fourth-order valence-electron chi connectivity index (χ4n) is 3.01. The maximum absolute atomic E-state index is 4.47. The summed E-state index contributed by atoms with van der Waals surface area (Å²) in [5.41, 5.74) is 4.94. The normalized spacial score (nSPS) is 14.7. The Labute approximate surface area is 117 Å². The number of nitrogens with zero attached hydrogens (tertiary/aromatic N) is 3. The van der Waals surface area contributed by atoms with Gasteiger partial charge < -0.3 is 5.32 Å². The second kappa shape index (κ2) is 4.34. The van der Waals surface area contributed by atoms with E-state index < -0.39 is 0 Å². The van der Waals surface area contributed by atoms with Gasteiger partial charge in [-0.25, -0.2) is 9.50 Å². The Morgan fingerprint density at radius 1 is 1.20 bits per heavy atom. The van der Waals surface area contributed by atoms with E-state index in [0.717, 1.165) is 29.9 Å². The van der Waals surface area contributed by atoms with Crippen molar-refractivity contribution in [2.24, 2.45) is 0 Å². The van der Waals surface area contributed by atoms with Crippen LogP contribution in [0.4, 0.5) is 5.82 Å². The molecule has 4 nitrogen and oxygen atoms in total. The Morgan fingerprint density at radius 3 is 2.70 bits per heavy atom. The summed E-state index contributed by atoms with van der Waals surface area (Å²) in [5, 5.41) is 8.00. The number of aryl methyl sites for hydroxylation is 1. The Bertz CT molecular complexity index is 750. The second-order valence-electron chi connectivity index (χ2n) is 5.41. The van der Waals surface area contributed by atoms with Gasteiger partial charge in [-0.2, -0.15) is 5.10 Å². The lowest BCUT2D eigenvalue weighted by Gasteiger charge is -2.13. The molecule has 1 aliphatic rings. The third kappa shape index (κ3) is 1.84. The molecule has 0 aliphatic heterocycles. The standard InChI is InChI=1S/C16H16N4/c1-11-8-15-16(17-6-7-20(15)19-11)18-14-9-12-4-2-3-5-13(12)10-14/h2-8,14H,9-10H2,1H3,(H,17,18). The Balaban J connectivity index is 1.63. The minimum Gasteiger partial charge on any atom is -0.365 e. The van der Waals surface area contributed by atoms with Crippen molar-refractivity contribution < 1.29 is 0 Å². The van der Waals surface area contributed by atoms with Crippen LogP contribution < -0.4 is 5.32 Å². The Kier molecular flexibility index (Phi) is 2.49. The summed E-state index contributed by atoms with van der Waals surface area (Å²) < 4.78 is 1.88. The van der Waals surface area contributed by atoms with Crippen molar-refractivity contribution in [2.75, 3.05) is 5.32 Å². The smallest absolute Gasteiger partial charge is 0.152 e. The summed E-state index contributed by atoms with van der Waals surface area (Å²) in [6, 6.07) is 11.1. The van der Waals surface area contributed by atoms with Crippen LogP contribution in [0.5, 0.6) is 0 Å². The predicted molar refractivity (Wildman–Crippen MR) is 79.0 cm³/mol. The number of fused-ring (bicyclic) bond motifs is 2. The highest BCUT2D eigenvalue weighted by atomic mass is 15.2. The molecule has 4 heteroatoms. The highest BCUT2D eigenvalue weighted by Crippen LogP contribution is 2.25. The topological polar surface area (TPSA) is 42.2 Å². The summed E-state index contributed by atoms with van der Waals surface area (Å²) in [7, 11) is 0. The Morgan fingerprint density at radius 2 is 1.95 bits per heavy atom. The number of nitrogens with one attached hydrogen (secondary N) is 1. The highest BCUT2D eigenvalue weighted by molar-refractivity contribution is 5.68. The molecule has 0 amide bonds. The molecule has 4 rings (SSSR count). The first-order chi connectivity index (χ1) is 9.79. The molecule has 1 aliphatic carbocycles. The van der Waals surface area contributed by atoms with Gasteiger partial charge in [0.1, 0.15) is 5.52 Å². The monoisotopic (exact) mass is 264 g/mol. The van der Waals surface area contributed by atoms with Gasteiger partial charge in [-0.1, -0.05) is 24.3 Å². The molecule has 1 aromatic carbocycles. The summed E-state index contributed by atoms with van der Waals surface area (Å²) in [6.45, 7) is 2.00. The van der Waals surface area contributed by atoms with Crippen LogP contribution >= 0.6 is 0 Å². The molecule has 0 saturated heterocycles. The van der Waals surface area contributed by atoms with E-state index in [-0.39, 0.29) is 0 Å². The summed E-state index contributed by atoms with van der Waals surface area (Å²) >= 11 is 0. The van der Waals surface area contributed by atoms with Crippen molar-refractivity contribution in [1.29, 1.82) is 0 Å². The maximum atomic E-state index is 4.47. The van der Waals surface area contributed by atoms with E-state index >= 15 is 0 Å². The summed E-state index contributed by atoms with van der Waals surface area (Å²) in [4.78, 5) is 4.47. The minimum atomic E-state index is 0.418. The molecule has 0 bridgehead atoms. The van der Waals surface area contributed by atoms with E-state index in [1.165, 1.54) is 11.1 Å². The maximum Gasteiger partial charge on any atom is 0.152 e. The number of aromatic nitrogens is 3. The molecule has 0 unspecified atom stereocenters. The van der Waals surface area contributed by atoms with Gasteiger partial charge in [0.05, 0.1) is 5.69 Å². The molecule has 100 valence electrons. The fraction of sp³-hybridized carbons (Fsp3) is 0.250. The number of hydrogen-bond acceptors (Lipinski definition) is 3. The van der Waals surface area contributed by atoms with Crippen molar-refractivity contribution in [3.8, 4) is 0 Å². The molecule has 0 spiro atoms. The van der Waals surface area contributed by atoms with Crippen LogP contribution in [0.25, 0.3) is 5.52 Å². The zero-order valence-electron chi connectivity index (χ0n) is 11.4. The van der Waals surface area contributed by atoms with E-state index in [9.17, 15) is 0 Å². The molecule has 2 heterocycles. The van der Waals surface area contributed by atoms with Crippen LogP contribution in [0.15, 0.2) is 42.7 Å². The van der Waals surface area contributed by atoms with Gasteiger partial charge in [0.2, 0.25) is 0 Å². The van der Waals surface area contributed by atoms with Gasteiger partial charge in [-0.3, -0.25) is 0 Å². The molecule has 3 aromatic rings. The minimum absolute atomic E-state index is 0.418. The van der Waals surface area contributed by atoms with Crippen LogP contribution in [-0.2, 0) is 12.8 Å². The van der Waals surface area contributed by atoms with Crippen molar-refractivity contribution in [1.82, 2.24) is 14.6 Å². The summed E-state index contributed by atoms with van der Waals surface area (Å²) in [6.07, 6.45) is 5.80. The van der Waals surface area contributed by atoms with E-state index in [0.29, 0.717) is 6.04 Å². The van der Waals surface area contributed by atoms with E-state index in [2.05, 4.69) is 45.7 Å². The quantitative estimate of drug-likeness (QED) is 0.773. The van der Waals surface area contributed by atoms with Crippen LogP contribution in [0.3, 0.4) is 0 Å². The van der Waals surface area contributed by atoms with Crippen molar-refractivity contribution in [2.45, 2.75) is 25.8 Å². The zero-order valence-corrected chi connectivity index (χ0v) is 11.4. The van der Waals surface area contributed by atoms with Gasteiger partial charge in [0.15, 0.2) is 5.82 Å².